The van der Waals surface area contributed by atoms with Crippen molar-refractivity contribution in [1.82, 2.24) is 19.4 Å². The zero-order valence-corrected chi connectivity index (χ0v) is 18.5. The number of carbonyl (C=O) groups is 1. The van der Waals surface area contributed by atoms with Crippen LogP contribution in [0.1, 0.15) is 53.2 Å². The molecule has 1 saturated carbocycles. The smallest absolute Gasteiger partial charge is 0.296 e. The summed E-state index contributed by atoms with van der Waals surface area (Å²) in [4.78, 5) is 27.9. The van der Waals surface area contributed by atoms with Crippen LogP contribution in [0.25, 0.3) is 16.9 Å². The van der Waals surface area contributed by atoms with E-state index >= 15 is 0 Å². The number of anilines is 1. The molecule has 3 heterocycles. The molecule has 3 aromatic heterocycles. The number of rotatable bonds is 4. The van der Waals surface area contributed by atoms with E-state index in [0.29, 0.717) is 28.6 Å². The summed E-state index contributed by atoms with van der Waals surface area (Å²) in [5, 5.41) is 0. The minimum Gasteiger partial charge on any atom is -0.296 e. The van der Waals surface area contributed by atoms with Gasteiger partial charge in [0.1, 0.15) is 5.82 Å². The lowest BCUT2D eigenvalue weighted by atomic mass is 10.00. The highest BCUT2D eigenvalue weighted by Gasteiger charge is 2.31. The average Bonchev–Trinajstić information content (AvgIpc) is 3.51. The summed E-state index contributed by atoms with van der Waals surface area (Å²) in [6.07, 6.45) is 6.78. The lowest BCUT2D eigenvalue weighted by molar-refractivity contribution is -0.137. The van der Waals surface area contributed by atoms with Gasteiger partial charge >= 0.3 is 6.18 Å². The SMILES string of the molecule is CN(C(=O)c1nc2cnccn2c1-c1ccc(C(F)(F)F)cc1)c1ccc(C2CCCC2)cn1. The standard InChI is InChI=1S/C25H22F3N5O/c1-32(20-11-8-18(14-30-20)16-4-2-3-5-16)24(34)22-23(33-13-12-29-15-21(33)31-22)17-6-9-19(10-7-17)25(26,27)28/h6-16H,2-5H2,1H3. The molecule has 1 aliphatic carbocycles. The van der Waals surface area contributed by atoms with Gasteiger partial charge in [-0.1, -0.05) is 31.0 Å². The first-order valence-corrected chi connectivity index (χ1v) is 11.1. The Balaban J connectivity index is 1.51. The monoisotopic (exact) mass is 465 g/mol. The number of carbonyl (C=O) groups excluding carboxylic acids is 1. The number of hydrogen-bond donors (Lipinski definition) is 0. The first kappa shape index (κ1) is 22.1. The van der Waals surface area contributed by atoms with Gasteiger partial charge in [-0.05, 0) is 42.5 Å². The van der Waals surface area contributed by atoms with Crippen molar-refractivity contribution in [3.63, 3.8) is 0 Å². The summed E-state index contributed by atoms with van der Waals surface area (Å²) >= 11 is 0. The minimum absolute atomic E-state index is 0.108. The van der Waals surface area contributed by atoms with E-state index in [1.165, 1.54) is 47.8 Å². The Morgan fingerprint density at radius 3 is 2.44 bits per heavy atom. The number of imidazole rings is 1. The van der Waals surface area contributed by atoms with Gasteiger partial charge < -0.3 is 0 Å². The van der Waals surface area contributed by atoms with Gasteiger partial charge in [-0.3, -0.25) is 19.1 Å². The normalized spacial score (nSPS) is 14.6. The van der Waals surface area contributed by atoms with E-state index in [-0.39, 0.29) is 5.69 Å². The molecule has 0 spiro atoms. The third-order valence-electron chi connectivity index (χ3n) is 6.36. The van der Waals surface area contributed by atoms with Gasteiger partial charge in [0.05, 0.1) is 17.5 Å². The highest BCUT2D eigenvalue weighted by Crippen LogP contribution is 2.35. The van der Waals surface area contributed by atoms with Crippen molar-refractivity contribution in [1.29, 1.82) is 0 Å². The molecular formula is C25H22F3N5O. The first-order chi connectivity index (χ1) is 16.3. The maximum Gasteiger partial charge on any atom is 0.416 e. The fourth-order valence-corrected chi connectivity index (χ4v) is 4.51. The Hall–Kier alpha value is -3.75. The van der Waals surface area contributed by atoms with Crippen molar-refractivity contribution in [3.8, 4) is 11.3 Å². The molecule has 34 heavy (non-hydrogen) atoms. The molecule has 1 aliphatic rings. The number of halogens is 3. The molecular weight excluding hydrogens is 443 g/mol. The molecule has 1 amide bonds. The minimum atomic E-state index is -4.45. The Bertz CT molecular complexity index is 1320. The van der Waals surface area contributed by atoms with Gasteiger partial charge in [0.15, 0.2) is 11.3 Å². The number of nitrogens with zero attached hydrogens (tertiary/aromatic N) is 5. The van der Waals surface area contributed by atoms with Crippen LogP contribution in [0.15, 0.2) is 61.2 Å². The molecule has 0 radical (unpaired) electrons. The van der Waals surface area contributed by atoms with Crippen LogP contribution in [0.3, 0.4) is 0 Å². The van der Waals surface area contributed by atoms with Crippen LogP contribution in [-0.4, -0.2) is 32.3 Å². The van der Waals surface area contributed by atoms with E-state index in [1.54, 1.807) is 17.6 Å². The maximum atomic E-state index is 13.5. The van der Waals surface area contributed by atoms with E-state index in [4.69, 9.17) is 0 Å². The van der Waals surface area contributed by atoms with Gasteiger partial charge in [-0.25, -0.2) is 9.97 Å². The number of aromatic nitrogens is 4. The first-order valence-electron chi connectivity index (χ1n) is 11.1. The van der Waals surface area contributed by atoms with Gasteiger partial charge in [-0.15, -0.1) is 0 Å². The number of benzene rings is 1. The van der Waals surface area contributed by atoms with Crippen molar-refractivity contribution in [2.24, 2.45) is 0 Å². The molecule has 0 aliphatic heterocycles. The number of pyridine rings is 1. The summed E-state index contributed by atoms with van der Waals surface area (Å²) < 4.78 is 40.8. The summed E-state index contributed by atoms with van der Waals surface area (Å²) in [7, 11) is 1.61. The molecule has 1 fully saturated rings. The molecule has 0 bridgehead atoms. The molecule has 0 N–H and O–H groups in total. The number of fused-ring (bicyclic) bond motifs is 1. The number of hydrogen-bond acceptors (Lipinski definition) is 4. The highest BCUT2D eigenvalue weighted by molar-refractivity contribution is 6.08. The van der Waals surface area contributed by atoms with Crippen LogP contribution in [0.5, 0.6) is 0 Å². The Morgan fingerprint density at radius 1 is 1.06 bits per heavy atom. The second kappa shape index (κ2) is 8.55. The topological polar surface area (TPSA) is 63.4 Å². The van der Waals surface area contributed by atoms with Crippen LogP contribution in [0.2, 0.25) is 0 Å². The molecule has 174 valence electrons. The average molecular weight is 465 g/mol. The molecule has 0 unspecified atom stereocenters. The highest BCUT2D eigenvalue weighted by atomic mass is 19.4. The quantitative estimate of drug-likeness (QED) is 0.385. The van der Waals surface area contributed by atoms with Crippen molar-refractivity contribution >= 4 is 17.4 Å². The largest absolute Gasteiger partial charge is 0.416 e. The van der Waals surface area contributed by atoms with Gasteiger partial charge in [0.25, 0.3) is 5.91 Å². The fraction of sp³-hybridized carbons (Fsp3) is 0.280. The van der Waals surface area contributed by atoms with Crippen LogP contribution in [0, 0.1) is 0 Å². The summed E-state index contributed by atoms with van der Waals surface area (Å²) in [6.45, 7) is 0. The van der Waals surface area contributed by atoms with E-state index in [1.807, 2.05) is 18.3 Å². The third kappa shape index (κ3) is 4.02. The molecule has 1 aromatic carbocycles. The van der Waals surface area contributed by atoms with Gasteiger partial charge in [-0.2, -0.15) is 13.2 Å². The maximum absolute atomic E-state index is 13.5. The lowest BCUT2D eigenvalue weighted by Crippen LogP contribution is -2.28. The van der Waals surface area contributed by atoms with E-state index in [2.05, 4.69) is 15.0 Å². The van der Waals surface area contributed by atoms with Gasteiger partial charge in [0.2, 0.25) is 0 Å². The summed E-state index contributed by atoms with van der Waals surface area (Å²) in [5.74, 6) is 0.569. The van der Waals surface area contributed by atoms with Crippen LogP contribution in [-0.2, 0) is 6.18 Å². The van der Waals surface area contributed by atoms with Crippen molar-refractivity contribution in [3.05, 3.63) is 78.0 Å². The summed E-state index contributed by atoms with van der Waals surface area (Å²) in [5.41, 5.74) is 1.77. The summed E-state index contributed by atoms with van der Waals surface area (Å²) in [6, 6.07) is 8.51. The molecule has 5 rings (SSSR count). The Morgan fingerprint density at radius 2 is 1.79 bits per heavy atom. The zero-order valence-electron chi connectivity index (χ0n) is 18.5. The number of alkyl halides is 3. The van der Waals surface area contributed by atoms with Crippen molar-refractivity contribution < 1.29 is 18.0 Å². The zero-order chi connectivity index (χ0) is 23.9. The Kier molecular flexibility index (Phi) is 5.55. The predicted molar refractivity (Wildman–Crippen MR) is 122 cm³/mol. The molecule has 4 aromatic rings. The second-order valence-electron chi connectivity index (χ2n) is 8.48. The number of amides is 1. The van der Waals surface area contributed by atoms with Crippen LogP contribution >= 0.6 is 0 Å². The van der Waals surface area contributed by atoms with E-state index in [9.17, 15) is 18.0 Å². The molecule has 0 atom stereocenters. The van der Waals surface area contributed by atoms with E-state index < -0.39 is 17.6 Å². The second-order valence-corrected chi connectivity index (χ2v) is 8.48. The van der Waals surface area contributed by atoms with Crippen LogP contribution in [0.4, 0.5) is 19.0 Å². The van der Waals surface area contributed by atoms with Gasteiger partial charge in [0, 0.05) is 31.2 Å². The predicted octanol–water partition coefficient (Wildman–Crippen LogP) is 5.74. The molecule has 6 nitrogen and oxygen atoms in total. The van der Waals surface area contributed by atoms with Crippen molar-refractivity contribution in [2.75, 3.05) is 11.9 Å². The third-order valence-corrected chi connectivity index (χ3v) is 6.36. The molecule has 0 saturated heterocycles. The van der Waals surface area contributed by atoms with E-state index in [0.717, 1.165) is 25.0 Å². The Labute approximate surface area is 194 Å². The fourth-order valence-electron chi connectivity index (χ4n) is 4.51. The lowest BCUT2D eigenvalue weighted by Gasteiger charge is -2.17. The molecule has 9 heteroatoms. The van der Waals surface area contributed by atoms with Crippen molar-refractivity contribution in [2.45, 2.75) is 37.8 Å². The van der Waals surface area contributed by atoms with Crippen LogP contribution < -0.4 is 4.90 Å².